The molecule has 0 spiro atoms. The maximum atomic E-state index is 4.67. The number of nitrogens with one attached hydrogen (secondary N) is 1. The van der Waals surface area contributed by atoms with Gasteiger partial charge in [0.1, 0.15) is 0 Å². The standard InChI is InChI=1S/C15H30N2S/c1-12(2)9-7-5-6-8-10-16-15-17-14(4)13(3)11-18-15/h12-14H,5-11H2,1-4H3,(H,16,17). The van der Waals surface area contributed by atoms with Crippen LogP contribution in [0.25, 0.3) is 0 Å². The fourth-order valence-electron chi connectivity index (χ4n) is 2.02. The maximum Gasteiger partial charge on any atom is 0.156 e. The van der Waals surface area contributed by atoms with Gasteiger partial charge in [-0.2, -0.15) is 0 Å². The van der Waals surface area contributed by atoms with Crippen LogP contribution < -0.4 is 5.32 Å². The molecule has 1 heterocycles. The van der Waals surface area contributed by atoms with Crippen molar-refractivity contribution in [3.63, 3.8) is 0 Å². The highest BCUT2D eigenvalue weighted by Crippen LogP contribution is 2.19. The van der Waals surface area contributed by atoms with E-state index in [1.807, 2.05) is 11.8 Å². The number of rotatable bonds is 7. The number of amidine groups is 1. The summed E-state index contributed by atoms with van der Waals surface area (Å²) in [6, 6.07) is 0.580. The van der Waals surface area contributed by atoms with E-state index >= 15 is 0 Å². The summed E-state index contributed by atoms with van der Waals surface area (Å²) in [5, 5.41) is 4.67. The highest BCUT2D eigenvalue weighted by Gasteiger charge is 2.20. The topological polar surface area (TPSA) is 24.4 Å². The van der Waals surface area contributed by atoms with Crippen LogP contribution in [0.5, 0.6) is 0 Å². The fourth-order valence-corrected chi connectivity index (χ4v) is 3.18. The SMILES string of the molecule is CC(C)CCCCCCN=C1NC(C)C(C)CS1. The van der Waals surface area contributed by atoms with Gasteiger partial charge in [-0.25, -0.2) is 0 Å². The van der Waals surface area contributed by atoms with Crippen molar-refractivity contribution >= 4 is 16.9 Å². The van der Waals surface area contributed by atoms with Crippen molar-refractivity contribution in [3.05, 3.63) is 0 Å². The van der Waals surface area contributed by atoms with Crippen molar-refractivity contribution in [1.29, 1.82) is 0 Å². The molecule has 0 radical (unpaired) electrons. The van der Waals surface area contributed by atoms with E-state index in [0.717, 1.165) is 18.4 Å². The van der Waals surface area contributed by atoms with Crippen molar-refractivity contribution in [2.45, 2.75) is 65.8 Å². The maximum absolute atomic E-state index is 4.67. The van der Waals surface area contributed by atoms with Gasteiger partial charge in [-0.15, -0.1) is 0 Å². The van der Waals surface area contributed by atoms with Crippen LogP contribution in [0, 0.1) is 11.8 Å². The van der Waals surface area contributed by atoms with Crippen molar-refractivity contribution in [2.75, 3.05) is 12.3 Å². The van der Waals surface area contributed by atoms with Gasteiger partial charge in [0.2, 0.25) is 0 Å². The molecule has 0 saturated carbocycles. The van der Waals surface area contributed by atoms with Gasteiger partial charge < -0.3 is 5.32 Å². The summed E-state index contributed by atoms with van der Waals surface area (Å²) in [6.07, 6.45) is 6.71. The molecule has 2 atom stereocenters. The molecule has 0 amide bonds. The van der Waals surface area contributed by atoms with Crippen molar-refractivity contribution < 1.29 is 0 Å². The van der Waals surface area contributed by atoms with Crippen LogP contribution in [0.2, 0.25) is 0 Å². The van der Waals surface area contributed by atoms with Crippen LogP contribution in [0.15, 0.2) is 4.99 Å². The molecular weight excluding hydrogens is 240 g/mol. The van der Waals surface area contributed by atoms with Gasteiger partial charge in [0, 0.05) is 18.3 Å². The molecule has 1 N–H and O–H groups in total. The highest BCUT2D eigenvalue weighted by molar-refractivity contribution is 8.13. The van der Waals surface area contributed by atoms with Crippen LogP contribution in [0.4, 0.5) is 0 Å². The smallest absolute Gasteiger partial charge is 0.156 e. The van der Waals surface area contributed by atoms with Crippen molar-refractivity contribution in [3.8, 4) is 0 Å². The lowest BCUT2D eigenvalue weighted by molar-refractivity contribution is 0.489. The summed E-state index contributed by atoms with van der Waals surface area (Å²) in [7, 11) is 0. The molecular formula is C15H30N2S. The summed E-state index contributed by atoms with van der Waals surface area (Å²) >= 11 is 1.89. The first-order valence-electron chi connectivity index (χ1n) is 7.53. The molecule has 0 bridgehead atoms. The Morgan fingerprint density at radius 3 is 2.61 bits per heavy atom. The molecule has 2 unspecified atom stereocenters. The van der Waals surface area contributed by atoms with E-state index in [4.69, 9.17) is 0 Å². The lowest BCUT2D eigenvalue weighted by Gasteiger charge is -2.28. The first-order valence-corrected chi connectivity index (χ1v) is 8.52. The molecule has 3 heteroatoms. The Hall–Kier alpha value is -0.180. The summed E-state index contributed by atoms with van der Waals surface area (Å²) < 4.78 is 0. The predicted octanol–water partition coefficient (Wildman–Crippen LogP) is 4.31. The van der Waals surface area contributed by atoms with E-state index < -0.39 is 0 Å². The third kappa shape index (κ3) is 6.67. The molecule has 18 heavy (non-hydrogen) atoms. The second-order valence-electron chi connectivity index (χ2n) is 6.00. The molecule has 1 aliphatic heterocycles. The molecule has 1 rings (SSSR count). The van der Waals surface area contributed by atoms with Crippen molar-refractivity contribution in [1.82, 2.24) is 5.32 Å². The minimum Gasteiger partial charge on any atom is -0.362 e. The average Bonchev–Trinajstić information content (AvgIpc) is 2.32. The molecule has 1 aliphatic rings. The minimum atomic E-state index is 0.580. The second-order valence-corrected chi connectivity index (χ2v) is 7.01. The van der Waals surface area contributed by atoms with Gasteiger partial charge in [-0.1, -0.05) is 58.2 Å². The van der Waals surface area contributed by atoms with Gasteiger partial charge >= 0.3 is 0 Å². The number of unbranched alkanes of at least 4 members (excludes halogenated alkanes) is 3. The number of hydrogen-bond acceptors (Lipinski definition) is 2. The lowest BCUT2D eigenvalue weighted by atomic mass is 10.0. The van der Waals surface area contributed by atoms with E-state index in [2.05, 4.69) is 38.0 Å². The first-order chi connectivity index (χ1) is 8.59. The normalized spacial score (nSPS) is 26.6. The highest BCUT2D eigenvalue weighted by atomic mass is 32.2. The Kier molecular flexibility index (Phi) is 7.80. The third-order valence-corrected chi connectivity index (χ3v) is 4.85. The molecule has 0 aromatic carbocycles. The number of hydrogen-bond donors (Lipinski definition) is 1. The monoisotopic (exact) mass is 270 g/mol. The Morgan fingerprint density at radius 1 is 1.22 bits per heavy atom. The van der Waals surface area contributed by atoms with Crippen molar-refractivity contribution in [2.24, 2.45) is 16.8 Å². The Labute approximate surface area is 117 Å². The second kappa shape index (κ2) is 8.84. The van der Waals surface area contributed by atoms with Gasteiger partial charge in [0.15, 0.2) is 5.17 Å². The van der Waals surface area contributed by atoms with Crippen LogP contribution in [-0.2, 0) is 0 Å². The number of nitrogens with zero attached hydrogens (tertiary/aromatic N) is 1. The molecule has 0 aromatic rings. The summed E-state index contributed by atoms with van der Waals surface area (Å²) in [4.78, 5) is 4.67. The van der Waals surface area contributed by atoms with E-state index in [1.165, 1.54) is 43.0 Å². The zero-order valence-corrected chi connectivity index (χ0v) is 13.4. The largest absolute Gasteiger partial charge is 0.362 e. The van der Waals surface area contributed by atoms with Crippen LogP contribution in [0.1, 0.15) is 59.8 Å². The predicted molar refractivity (Wildman–Crippen MR) is 84.4 cm³/mol. The van der Waals surface area contributed by atoms with Gasteiger partial charge in [-0.3, -0.25) is 4.99 Å². The van der Waals surface area contributed by atoms with E-state index in [0.29, 0.717) is 6.04 Å². The average molecular weight is 270 g/mol. The Bertz CT molecular complexity index is 251. The first kappa shape index (κ1) is 15.9. The van der Waals surface area contributed by atoms with E-state index in [1.54, 1.807) is 0 Å². The molecule has 0 aromatic heterocycles. The van der Waals surface area contributed by atoms with E-state index in [9.17, 15) is 0 Å². The zero-order valence-electron chi connectivity index (χ0n) is 12.5. The Morgan fingerprint density at radius 2 is 1.94 bits per heavy atom. The molecule has 1 fully saturated rings. The quantitative estimate of drug-likeness (QED) is 0.697. The Balaban J connectivity index is 2.03. The molecule has 0 aliphatic carbocycles. The van der Waals surface area contributed by atoms with Crippen LogP contribution in [-0.4, -0.2) is 23.5 Å². The number of aliphatic imine (C=N–C) groups is 1. The van der Waals surface area contributed by atoms with Gasteiger partial charge in [0.25, 0.3) is 0 Å². The van der Waals surface area contributed by atoms with Gasteiger partial charge in [-0.05, 0) is 25.2 Å². The lowest BCUT2D eigenvalue weighted by Crippen LogP contribution is -2.41. The summed E-state index contributed by atoms with van der Waals surface area (Å²) in [5.74, 6) is 2.82. The molecule has 2 nitrogen and oxygen atoms in total. The van der Waals surface area contributed by atoms with Gasteiger partial charge in [0.05, 0.1) is 0 Å². The van der Waals surface area contributed by atoms with E-state index in [-0.39, 0.29) is 0 Å². The molecule has 106 valence electrons. The fraction of sp³-hybridized carbons (Fsp3) is 0.933. The van der Waals surface area contributed by atoms with Crippen LogP contribution >= 0.6 is 11.8 Å². The number of thioether (sulfide) groups is 1. The van der Waals surface area contributed by atoms with Crippen LogP contribution in [0.3, 0.4) is 0 Å². The summed E-state index contributed by atoms with van der Waals surface area (Å²) in [5.41, 5.74) is 0. The minimum absolute atomic E-state index is 0.580. The zero-order chi connectivity index (χ0) is 13.4. The molecule has 1 saturated heterocycles. The third-order valence-electron chi connectivity index (χ3n) is 3.63. The summed E-state index contributed by atoms with van der Waals surface area (Å²) in [6.45, 7) is 10.2.